The van der Waals surface area contributed by atoms with Crippen LogP contribution in [0.4, 0.5) is 11.4 Å². The van der Waals surface area contributed by atoms with Gasteiger partial charge in [-0.25, -0.2) is 23.1 Å². The number of benzene rings is 5. The Labute approximate surface area is 351 Å². The molecule has 308 valence electrons. The number of ether oxygens (including phenoxy) is 5. The summed E-state index contributed by atoms with van der Waals surface area (Å²) in [5.74, 6) is 2.08. The zero-order valence-electron chi connectivity index (χ0n) is 33.6. The van der Waals surface area contributed by atoms with E-state index in [-0.39, 0.29) is 12.1 Å². The Morgan fingerprint density at radius 2 is 1.19 bits per heavy atom. The van der Waals surface area contributed by atoms with Crippen molar-refractivity contribution in [3.05, 3.63) is 93.6 Å². The number of rotatable bonds is 12. The fraction of sp³-hybridized carbons (Fsp3) is 0.318. The monoisotopic (exact) mass is 857 g/mol. The zero-order valence-corrected chi connectivity index (χ0v) is 36.0. The van der Waals surface area contributed by atoms with Gasteiger partial charge in [0.25, 0.3) is 0 Å². The number of aromatic nitrogens is 2. The van der Waals surface area contributed by atoms with Gasteiger partial charge in [0.2, 0.25) is 10.0 Å². The summed E-state index contributed by atoms with van der Waals surface area (Å²) in [5, 5.41) is 5.70. The van der Waals surface area contributed by atoms with Crippen LogP contribution in [-0.4, -0.2) is 69.5 Å². The number of nitrogens with one attached hydrogen (secondary N) is 1. The predicted molar refractivity (Wildman–Crippen MR) is 234 cm³/mol. The summed E-state index contributed by atoms with van der Waals surface area (Å²) in [4.78, 5) is 9.96. The molecule has 2 aliphatic rings. The van der Waals surface area contributed by atoms with Crippen LogP contribution >= 0.6 is 23.2 Å². The van der Waals surface area contributed by atoms with E-state index in [0.717, 1.165) is 63.0 Å². The smallest absolute Gasteiger partial charge is 0.209 e. The van der Waals surface area contributed by atoms with Crippen LogP contribution in [0.2, 0.25) is 10.0 Å². The van der Waals surface area contributed by atoms with Gasteiger partial charge < -0.3 is 32.8 Å². The standard InChI is InChI=1S/C34H22Cl2N4O2.C10H23NO5S/c1-3-39-21-11-7-5-9-17(21)25-23(39)15-13-19-31(25)41-33-27(35)30-34(28(36)29(33)37-19)42-32-20(38-30)14-16-24-26(32)18-10-6-8-12-22(18)40(24)4-2;1-9(11-17(4,12)13)7-16-10(2)8-15-6-5-14-3/h5-16H,3-4H2,1-2H3;9-11H,5-8H2,1-4H3. The average Bonchev–Trinajstić information content (AvgIpc) is 3.74. The number of sulfonamides is 1. The molecular weight excluding hydrogens is 813 g/mol. The molecule has 4 heterocycles. The number of para-hydroxylation sites is 2. The highest BCUT2D eigenvalue weighted by atomic mass is 35.5. The molecule has 0 fully saturated rings. The van der Waals surface area contributed by atoms with E-state index in [1.165, 1.54) is 0 Å². The minimum absolute atomic E-state index is 0.0735. The van der Waals surface area contributed by atoms with Crippen molar-refractivity contribution in [2.75, 3.05) is 39.8 Å². The molecule has 0 spiro atoms. The molecule has 7 aromatic rings. The third kappa shape index (κ3) is 7.65. The van der Waals surface area contributed by atoms with Crippen molar-refractivity contribution < 1.29 is 32.1 Å². The number of fused-ring (bicyclic) bond motifs is 12. The number of halogens is 2. The van der Waals surface area contributed by atoms with Crippen LogP contribution in [0.1, 0.15) is 27.7 Å². The lowest BCUT2D eigenvalue weighted by Gasteiger charge is -2.22. The van der Waals surface area contributed by atoms with E-state index in [4.69, 9.17) is 56.9 Å². The second kappa shape index (κ2) is 16.7. The van der Waals surface area contributed by atoms with Gasteiger partial charge in [0.1, 0.15) is 32.1 Å². The van der Waals surface area contributed by atoms with Gasteiger partial charge in [-0.05, 0) is 64.1 Å². The quantitative estimate of drug-likeness (QED) is 0.121. The maximum absolute atomic E-state index is 10.9. The Hall–Kier alpha value is -4.73. The van der Waals surface area contributed by atoms with Crippen molar-refractivity contribution in [1.29, 1.82) is 0 Å². The van der Waals surface area contributed by atoms with Crippen molar-refractivity contribution in [1.82, 2.24) is 13.9 Å². The normalized spacial score (nSPS) is 14.0. The van der Waals surface area contributed by atoms with Gasteiger partial charge in [-0.3, -0.25) is 0 Å². The van der Waals surface area contributed by atoms with Crippen molar-refractivity contribution in [2.45, 2.75) is 52.9 Å². The van der Waals surface area contributed by atoms with Crippen LogP contribution in [0.15, 0.2) is 82.8 Å². The number of methoxy groups -OCH3 is 1. The molecule has 59 heavy (non-hydrogen) atoms. The molecule has 0 saturated carbocycles. The molecule has 12 nitrogen and oxygen atoms in total. The summed E-state index contributed by atoms with van der Waals surface area (Å²) in [6.45, 7) is 11.4. The van der Waals surface area contributed by atoms with E-state index in [1.807, 2.05) is 31.2 Å². The summed E-state index contributed by atoms with van der Waals surface area (Å²) < 4.78 is 57.6. The summed E-state index contributed by atoms with van der Waals surface area (Å²) in [5.41, 5.74) is 5.81. The Balaban J connectivity index is 0.000000244. The molecule has 2 aromatic heterocycles. The van der Waals surface area contributed by atoms with Crippen LogP contribution in [-0.2, 0) is 37.3 Å². The van der Waals surface area contributed by atoms with E-state index < -0.39 is 10.0 Å². The lowest BCUT2D eigenvalue weighted by molar-refractivity contribution is -0.0221. The number of aryl methyl sites for hydroxylation is 2. The van der Waals surface area contributed by atoms with Crippen LogP contribution < -0.4 is 24.9 Å². The first-order chi connectivity index (χ1) is 28.4. The first kappa shape index (κ1) is 41.0. The number of nitrogens with zero attached hydrogens (tertiary/aromatic N) is 4. The molecule has 2 unspecified atom stereocenters. The van der Waals surface area contributed by atoms with Crippen molar-refractivity contribution in [3.8, 4) is 23.0 Å². The molecule has 1 N–H and O–H groups in total. The number of hydrogen-bond acceptors (Lipinski definition) is 9. The van der Waals surface area contributed by atoms with Crippen LogP contribution in [0.25, 0.3) is 43.6 Å². The van der Waals surface area contributed by atoms with E-state index >= 15 is 0 Å². The largest absolute Gasteiger partial charge is 0.450 e. The first-order valence-electron chi connectivity index (χ1n) is 19.5. The van der Waals surface area contributed by atoms with Crippen LogP contribution in [0.3, 0.4) is 0 Å². The number of hydrogen-bond donors (Lipinski definition) is 1. The molecule has 2 atom stereocenters. The van der Waals surface area contributed by atoms with Gasteiger partial charge in [0.05, 0.1) is 60.6 Å². The van der Waals surface area contributed by atoms with E-state index in [2.05, 4.69) is 76.2 Å². The SMILES string of the molecule is CCn1c2ccccc2c2c3c(ccc21)N=c1c(Cl)c2c(c(Cl)c1O3)=Nc1ccc3c(c1O2)c1ccccc1n3CC.COCCOCC(C)OCC(C)NS(C)(=O)=O. The van der Waals surface area contributed by atoms with Crippen molar-refractivity contribution in [3.63, 3.8) is 0 Å². The molecular formula is C44H45Cl2N5O7S. The topological polar surface area (TPSA) is 127 Å². The lowest BCUT2D eigenvalue weighted by atomic mass is 10.1. The maximum atomic E-state index is 10.9. The highest BCUT2D eigenvalue weighted by Gasteiger charge is 2.30. The molecule has 0 amide bonds. The first-order valence-corrected chi connectivity index (χ1v) is 22.2. The van der Waals surface area contributed by atoms with E-state index in [9.17, 15) is 8.42 Å². The Kier molecular flexibility index (Phi) is 11.6. The summed E-state index contributed by atoms with van der Waals surface area (Å²) >= 11 is 14.1. The zero-order chi connectivity index (χ0) is 41.6. The summed E-state index contributed by atoms with van der Waals surface area (Å²) in [6, 6.07) is 24.5. The van der Waals surface area contributed by atoms with E-state index in [0.29, 0.717) is 81.6 Å². The minimum Gasteiger partial charge on any atom is -0.450 e. The summed E-state index contributed by atoms with van der Waals surface area (Å²) in [6.07, 6.45) is 1.05. The Morgan fingerprint density at radius 1 is 0.695 bits per heavy atom. The maximum Gasteiger partial charge on any atom is 0.209 e. The van der Waals surface area contributed by atoms with Gasteiger partial charge in [0.15, 0.2) is 23.0 Å². The van der Waals surface area contributed by atoms with Gasteiger partial charge in [-0.1, -0.05) is 59.6 Å². The molecule has 15 heteroatoms. The Bertz CT molecular complexity index is 2830. The van der Waals surface area contributed by atoms with Crippen molar-refractivity contribution in [2.24, 2.45) is 9.98 Å². The molecule has 9 rings (SSSR count). The van der Waals surface area contributed by atoms with Crippen LogP contribution in [0.5, 0.6) is 23.0 Å². The molecule has 0 bridgehead atoms. The predicted octanol–water partition coefficient (Wildman–Crippen LogP) is 9.36. The van der Waals surface area contributed by atoms with E-state index in [1.54, 1.807) is 14.0 Å². The van der Waals surface area contributed by atoms with Crippen molar-refractivity contribution >= 4 is 88.2 Å². The minimum atomic E-state index is -3.17. The molecule has 2 aliphatic heterocycles. The highest BCUT2D eigenvalue weighted by Crippen LogP contribution is 2.49. The van der Waals surface area contributed by atoms with Gasteiger partial charge in [-0.15, -0.1) is 0 Å². The van der Waals surface area contributed by atoms with Crippen LogP contribution in [0, 0.1) is 0 Å². The second-order valence-electron chi connectivity index (χ2n) is 14.6. The molecule has 0 aliphatic carbocycles. The Morgan fingerprint density at radius 3 is 1.64 bits per heavy atom. The third-order valence-electron chi connectivity index (χ3n) is 10.3. The second-order valence-corrected chi connectivity index (χ2v) is 17.1. The lowest BCUT2D eigenvalue weighted by Crippen LogP contribution is -2.36. The molecule has 0 radical (unpaired) electrons. The average molecular weight is 859 g/mol. The van der Waals surface area contributed by atoms with Gasteiger partial charge >= 0.3 is 0 Å². The molecule has 0 saturated heterocycles. The van der Waals surface area contributed by atoms with Gasteiger partial charge in [0, 0.05) is 48.0 Å². The molecule has 5 aromatic carbocycles. The highest BCUT2D eigenvalue weighted by molar-refractivity contribution is 7.88. The fourth-order valence-corrected chi connectivity index (χ4v) is 9.17. The third-order valence-corrected chi connectivity index (χ3v) is 11.9. The van der Waals surface area contributed by atoms with Gasteiger partial charge in [-0.2, -0.15) is 0 Å². The summed E-state index contributed by atoms with van der Waals surface area (Å²) in [7, 11) is -1.56. The fourth-order valence-electron chi connectivity index (χ4n) is 7.86.